The van der Waals surface area contributed by atoms with E-state index in [0.717, 1.165) is 12.8 Å². The monoisotopic (exact) mass is 280 g/mol. The van der Waals surface area contributed by atoms with Crippen molar-refractivity contribution in [3.63, 3.8) is 0 Å². The van der Waals surface area contributed by atoms with Gasteiger partial charge in [0.25, 0.3) is 0 Å². The number of ether oxygens (including phenoxy) is 1. The number of hydrogen-bond acceptors (Lipinski definition) is 3. The van der Waals surface area contributed by atoms with Gasteiger partial charge in [0, 0.05) is 18.6 Å². The molecule has 1 saturated heterocycles. The van der Waals surface area contributed by atoms with E-state index in [2.05, 4.69) is 0 Å². The number of halogens is 1. The maximum absolute atomic E-state index is 13.3. The van der Waals surface area contributed by atoms with Crippen LogP contribution in [0.25, 0.3) is 0 Å². The minimum absolute atomic E-state index is 0.0424. The van der Waals surface area contributed by atoms with Crippen LogP contribution in [0.15, 0.2) is 24.3 Å². The number of likely N-dealkylation sites (tertiary alicyclic amines) is 1. The van der Waals surface area contributed by atoms with Crippen molar-refractivity contribution in [2.24, 2.45) is 5.73 Å². The van der Waals surface area contributed by atoms with Gasteiger partial charge in [0.2, 0.25) is 5.91 Å². The summed E-state index contributed by atoms with van der Waals surface area (Å²) in [5, 5.41) is 0. The highest BCUT2D eigenvalue weighted by molar-refractivity contribution is 5.76. The topological polar surface area (TPSA) is 55.6 Å². The highest BCUT2D eigenvalue weighted by atomic mass is 19.1. The first-order chi connectivity index (χ1) is 9.58. The van der Waals surface area contributed by atoms with E-state index >= 15 is 0 Å². The molecule has 4 nitrogen and oxygen atoms in total. The van der Waals surface area contributed by atoms with Crippen LogP contribution in [-0.4, -0.2) is 36.0 Å². The summed E-state index contributed by atoms with van der Waals surface area (Å²) in [7, 11) is 0. The molecule has 20 heavy (non-hydrogen) atoms. The molecular formula is C15H21FN2O2. The van der Waals surface area contributed by atoms with Gasteiger partial charge in [-0.15, -0.1) is 0 Å². The summed E-state index contributed by atoms with van der Waals surface area (Å²) in [5.41, 5.74) is 5.88. The third kappa shape index (κ3) is 3.70. The fourth-order valence-electron chi connectivity index (χ4n) is 2.53. The maximum atomic E-state index is 13.3. The lowest BCUT2D eigenvalue weighted by Crippen LogP contribution is -2.48. The van der Waals surface area contributed by atoms with Crippen LogP contribution < -0.4 is 10.5 Å². The van der Waals surface area contributed by atoms with Gasteiger partial charge in [-0.2, -0.15) is 0 Å². The van der Waals surface area contributed by atoms with E-state index in [-0.39, 0.29) is 36.8 Å². The van der Waals surface area contributed by atoms with Crippen LogP contribution in [-0.2, 0) is 4.79 Å². The number of amides is 1. The van der Waals surface area contributed by atoms with Crippen molar-refractivity contribution in [3.05, 3.63) is 30.1 Å². The molecule has 0 spiro atoms. The molecule has 2 N–H and O–H groups in total. The highest BCUT2D eigenvalue weighted by Gasteiger charge is 2.26. The number of hydrogen-bond donors (Lipinski definition) is 1. The van der Waals surface area contributed by atoms with Crippen LogP contribution in [0.5, 0.6) is 5.75 Å². The number of nitrogens with zero attached hydrogens (tertiary/aromatic N) is 1. The van der Waals surface area contributed by atoms with E-state index < -0.39 is 5.82 Å². The van der Waals surface area contributed by atoms with Crippen LogP contribution in [0.3, 0.4) is 0 Å². The van der Waals surface area contributed by atoms with Crippen molar-refractivity contribution in [3.8, 4) is 5.75 Å². The molecule has 1 aromatic rings. The smallest absolute Gasteiger partial charge is 0.226 e. The standard InChI is InChI=1S/C15H21FN2O2/c1-11-10-12(17)6-8-18(11)15(19)7-9-20-14-5-3-2-4-13(14)16/h2-5,11-12H,6-10,17H2,1H3/t11-,12-/m1/s1. The number of carbonyl (C=O) groups is 1. The van der Waals surface area contributed by atoms with Crippen molar-refractivity contribution in [2.75, 3.05) is 13.2 Å². The summed E-state index contributed by atoms with van der Waals surface area (Å²) in [4.78, 5) is 13.9. The van der Waals surface area contributed by atoms with Gasteiger partial charge < -0.3 is 15.4 Å². The Bertz CT molecular complexity index is 467. The van der Waals surface area contributed by atoms with Crippen molar-refractivity contribution >= 4 is 5.91 Å². The zero-order chi connectivity index (χ0) is 14.5. The van der Waals surface area contributed by atoms with Gasteiger partial charge in [-0.1, -0.05) is 12.1 Å². The zero-order valence-corrected chi connectivity index (χ0v) is 11.7. The molecule has 1 heterocycles. The average molecular weight is 280 g/mol. The molecule has 1 amide bonds. The molecular weight excluding hydrogens is 259 g/mol. The average Bonchev–Trinajstić information content (AvgIpc) is 2.40. The molecule has 1 fully saturated rings. The molecule has 1 aromatic carbocycles. The van der Waals surface area contributed by atoms with Gasteiger partial charge in [0.15, 0.2) is 11.6 Å². The SMILES string of the molecule is C[C@@H]1C[C@H](N)CCN1C(=O)CCOc1ccccc1F. The summed E-state index contributed by atoms with van der Waals surface area (Å²) in [6.45, 7) is 2.89. The predicted molar refractivity (Wildman–Crippen MR) is 74.9 cm³/mol. The second-order valence-corrected chi connectivity index (χ2v) is 5.25. The molecule has 0 aromatic heterocycles. The lowest BCUT2D eigenvalue weighted by atomic mass is 9.99. The summed E-state index contributed by atoms with van der Waals surface area (Å²) >= 11 is 0. The summed E-state index contributed by atoms with van der Waals surface area (Å²) in [6.07, 6.45) is 1.93. The quantitative estimate of drug-likeness (QED) is 0.917. The third-order valence-electron chi connectivity index (χ3n) is 3.65. The van der Waals surface area contributed by atoms with Gasteiger partial charge in [0.1, 0.15) is 0 Å². The number of rotatable bonds is 4. The molecule has 0 bridgehead atoms. The minimum atomic E-state index is -0.405. The summed E-state index contributed by atoms with van der Waals surface area (Å²) in [6, 6.07) is 6.55. The second kappa shape index (κ2) is 6.70. The number of piperidine rings is 1. The Hall–Kier alpha value is -1.62. The summed E-state index contributed by atoms with van der Waals surface area (Å²) in [5.74, 6) is -0.174. The van der Waals surface area contributed by atoms with Crippen LogP contribution in [0, 0.1) is 5.82 Å². The highest BCUT2D eigenvalue weighted by Crippen LogP contribution is 2.18. The normalized spacial score (nSPS) is 22.6. The molecule has 0 saturated carbocycles. The Balaban J connectivity index is 1.79. The minimum Gasteiger partial charge on any atom is -0.490 e. The number of nitrogens with two attached hydrogens (primary N) is 1. The van der Waals surface area contributed by atoms with Crippen LogP contribution in [0.4, 0.5) is 4.39 Å². The number of carbonyl (C=O) groups excluding carboxylic acids is 1. The van der Waals surface area contributed by atoms with E-state index in [4.69, 9.17) is 10.5 Å². The maximum Gasteiger partial charge on any atom is 0.226 e. The van der Waals surface area contributed by atoms with Crippen molar-refractivity contribution in [1.29, 1.82) is 0 Å². The molecule has 0 aliphatic carbocycles. The van der Waals surface area contributed by atoms with Gasteiger partial charge in [0.05, 0.1) is 13.0 Å². The fraction of sp³-hybridized carbons (Fsp3) is 0.533. The van der Waals surface area contributed by atoms with Crippen molar-refractivity contribution in [2.45, 2.75) is 38.3 Å². The van der Waals surface area contributed by atoms with Crippen molar-refractivity contribution in [1.82, 2.24) is 4.90 Å². The van der Waals surface area contributed by atoms with Gasteiger partial charge in [-0.25, -0.2) is 4.39 Å². The van der Waals surface area contributed by atoms with Crippen LogP contribution >= 0.6 is 0 Å². The first-order valence-corrected chi connectivity index (χ1v) is 7.00. The Morgan fingerprint density at radius 1 is 1.50 bits per heavy atom. The fourth-order valence-corrected chi connectivity index (χ4v) is 2.53. The van der Waals surface area contributed by atoms with Crippen LogP contribution in [0.1, 0.15) is 26.2 Å². The van der Waals surface area contributed by atoms with E-state index in [1.54, 1.807) is 18.2 Å². The molecule has 5 heteroatoms. The van der Waals surface area contributed by atoms with Gasteiger partial charge in [-0.3, -0.25) is 4.79 Å². The Labute approximate surface area is 118 Å². The Morgan fingerprint density at radius 3 is 2.95 bits per heavy atom. The summed E-state index contributed by atoms with van der Waals surface area (Å²) < 4.78 is 18.6. The van der Waals surface area contributed by atoms with E-state index in [0.29, 0.717) is 6.54 Å². The molecule has 2 atom stereocenters. The molecule has 2 rings (SSSR count). The first-order valence-electron chi connectivity index (χ1n) is 7.00. The predicted octanol–water partition coefficient (Wildman–Crippen LogP) is 1.93. The van der Waals surface area contributed by atoms with Gasteiger partial charge >= 0.3 is 0 Å². The number of para-hydroxylation sites is 1. The lowest BCUT2D eigenvalue weighted by molar-refractivity contribution is -0.135. The van der Waals surface area contributed by atoms with E-state index in [1.165, 1.54) is 6.07 Å². The lowest BCUT2D eigenvalue weighted by Gasteiger charge is -2.36. The molecule has 0 unspecified atom stereocenters. The Kier molecular flexibility index (Phi) is 4.95. The molecule has 0 radical (unpaired) electrons. The zero-order valence-electron chi connectivity index (χ0n) is 11.7. The molecule has 1 aliphatic heterocycles. The van der Waals surface area contributed by atoms with E-state index in [1.807, 2.05) is 11.8 Å². The van der Waals surface area contributed by atoms with E-state index in [9.17, 15) is 9.18 Å². The Morgan fingerprint density at radius 2 is 2.25 bits per heavy atom. The van der Waals surface area contributed by atoms with Gasteiger partial charge in [-0.05, 0) is 31.9 Å². The van der Waals surface area contributed by atoms with Crippen LogP contribution in [0.2, 0.25) is 0 Å². The third-order valence-corrected chi connectivity index (χ3v) is 3.65. The van der Waals surface area contributed by atoms with Crippen molar-refractivity contribution < 1.29 is 13.9 Å². The molecule has 1 aliphatic rings. The largest absolute Gasteiger partial charge is 0.490 e. The second-order valence-electron chi connectivity index (χ2n) is 5.25. The molecule has 110 valence electrons. The number of benzene rings is 1. The first kappa shape index (κ1) is 14.8.